The quantitative estimate of drug-likeness (QED) is 0.815. The number of ketones is 1. The summed E-state index contributed by atoms with van der Waals surface area (Å²) in [5.41, 5.74) is 1.13. The lowest BCUT2D eigenvalue weighted by Crippen LogP contribution is -2.30. The molecule has 98 valence electrons. The van der Waals surface area contributed by atoms with Gasteiger partial charge in [-0.15, -0.1) is 0 Å². The third-order valence-electron chi connectivity index (χ3n) is 3.63. The van der Waals surface area contributed by atoms with Gasteiger partial charge in [0.05, 0.1) is 0 Å². The SMILES string of the molecule is CC(C)(C)C(=O)[C@@H]1CCN(Cc2ccccc2)C1. The molecule has 0 aromatic heterocycles. The van der Waals surface area contributed by atoms with E-state index in [0.717, 1.165) is 26.1 Å². The number of nitrogens with zero attached hydrogens (tertiary/aromatic N) is 1. The molecule has 0 unspecified atom stereocenters. The molecule has 1 aliphatic heterocycles. The molecule has 1 fully saturated rings. The molecule has 2 nitrogen and oxygen atoms in total. The average Bonchev–Trinajstić information content (AvgIpc) is 2.76. The molecule has 0 spiro atoms. The zero-order valence-corrected chi connectivity index (χ0v) is 11.6. The summed E-state index contributed by atoms with van der Waals surface area (Å²) < 4.78 is 0. The zero-order valence-electron chi connectivity index (χ0n) is 11.6. The van der Waals surface area contributed by atoms with E-state index in [9.17, 15) is 4.79 Å². The number of carbonyl (C=O) groups excluding carboxylic acids is 1. The van der Waals surface area contributed by atoms with E-state index >= 15 is 0 Å². The van der Waals surface area contributed by atoms with Gasteiger partial charge in [-0.2, -0.15) is 0 Å². The summed E-state index contributed by atoms with van der Waals surface area (Å²) in [6.07, 6.45) is 1.02. The van der Waals surface area contributed by atoms with E-state index in [2.05, 4.69) is 29.2 Å². The van der Waals surface area contributed by atoms with Crippen LogP contribution in [0.5, 0.6) is 0 Å². The number of Topliss-reactive ketones (excluding diaryl/α,β-unsaturated/α-hetero) is 1. The predicted molar refractivity (Wildman–Crippen MR) is 74.3 cm³/mol. The van der Waals surface area contributed by atoms with Gasteiger partial charge in [0.15, 0.2) is 0 Å². The maximum atomic E-state index is 12.2. The molecule has 0 aliphatic carbocycles. The average molecular weight is 245 g/mol. The summed E-state index contributed by atoms with van der Waals surface area (Å²) in [6.45, 7) is 9.00. The van der Waals surface area contributed by atoms with E-state index in [-0.39, 0.29) is 11.3 Å². The van der Waals surface area contributed by atoms with Gasteiger partial charge in [-0.25, -0.2) is 0 Å². The predicted octanol–water partition coefficient (Wildman–Crippen LogP) is 3.12. The Kier molecular flexibility index (Phi) is 3.86. The first kappa shape index (κ1) is 13.3. The van der Waals surface area contributed by atoms with Crippen LogP contribution in [0.3, 0.4) is 0 Å². The largest absolute Gasteiger partial charge is 0.299 e. The first-order valence-electron chi connectivity index (χ1n) is 6.77. The molecule has 1 aromatic rings. The van der Waals surface area contributed by atoms with Gasteiger partial charge in [-0.3, -0.25) is 9.69 Å². The highest BCUT2D eigenvalue weighted by atomic mass is 16.1. The monoisotopic (exact) mass is 245 g/mol. The smallest absolute Gasteiger partial charge is 0.142 e. The van der Waals surface area contributed by atoms with Crippen LogP contribution in [0.15, 0.2) is 30.3 Å². The Morgan fingerprint density at radius 3 is 2.56 bits per heavy atom. The van der Waals surface area contributed by atoms with Crippen molar-refractivity contribution in [1.29, 1.82) is 0 Å². The molecule has 1 atom stereocenters. The molecule has 1 aliphatic rings. The first-order chi connectivity index (χ1) is 8.47. The minimum absolute atomic E-state index is 0.201. The van der Waals surface area contributed by atoms with E-state index in [1.165, 1.54) is 5.56 Å². The van der Waals surface area contributed by atoms with E-state index in [0.29, 0.717) is 5.78 Å². The number of benzene rings is 1. The van der Waals surface area contributed by atoms with Gasteiger partial charge in [0.2, 0.25) is 0 Å². The van der Waals surface area contributed by atoms with Crippen molar-refractivity contribution in [3.8, 4) is 0 Å². The molecule has 0 N–H and O–H groups in total. The Bertz CT molecular complexity index is 405. The standard InChI is InChI=1S/C16H23NO/c1-16(2,3)15(18)14-9-10-17(12-14)11-13-7-5-4-6-8-13/h4-8,14H,9-12H2,1-3H3/t14-/m1/s1. The third kappa shape index (κ3) is 3.20. The molecule has 0 amide bonds. The van der Waals surface area contributed by atoms with E-state index in [1.807, 2.05) is 26.8 Å². The topological polar surface area (TPSA) is 20.3 Å². The lowest BCUT2D eigenvalue weighted by Gasteiger charge is -2.22. The highest BCUT2D eigenvalue weighted by molar-refractivity contribution is 5.86. The minimum Gasteiger partial charge on any atom is -0.299 e. The number of carbonyl (C=O) groups is 1. The number of hydrogen-bond acceptors (Lipinski definition) is 2. The van der Waals surface area contributed by atoms with Gasteiger partial charge in [0.1, 0.15) is 5.78 Å². The van der Waals surface area contributed by atoms with Gasteiger partial charge in [0.25, 0.3) is 0 Å². The van der Waals surface area contributed by atoms with Crippen LogP contribution in [-0.2, 0) is 11.3 Å². The van der Waals surface area contributed by atoms with Crippen LogP contribution in [0.4, 0.5) is 0 Å². The van der Waals surface area contributed by atoms with Gasteiger partial charge >= 0.3 is 0 Å². The Hall–Kier alpha value is -1.15. The lowest BCUT2D eigenvalue weighted by molar-refractivity contribution is -0.130. The van der Waals surface area contributed by atoms with Gasteiger partial charge in [0, 0.05) is 24.4 Å². The second-order valence-electron chi connectivity index (χ2n) is 6.32. The van der Waals surface area contributed by atoms with Crippen molar-refractivity contribution in [3.63, 3.8) is 0 Å². The highest BCUT2D eigenvalue weighted by Crippen LogP contribution is 2.27. The second kappa shape index (κ2) is 5.23. The Morgan fingerprint density at radius 1 is 1.28 bits per heavy atom. The highest BCUT2D eigenvalue weighted by Gasteiger charge is 2.34. The second-order valence-corrected chi connectivity index (χ2v) is 6.32. The van der Waals surface area contributed by atoms with Crippen LogP contribution in [0, 0.1) is 11.3 Å². The fourth-order valence-electron chi connectivity index (χ4n) is 2.64. The fourth-order valence-corrected chi connectivity index (χ4v) is 2.64. The van der Waals surface area contributed by atoms with Crippen molar-refractivity contribution < 1.29 is 4.79 Å². The maximum absolute atomic E-state index is 12.2. The fraction of sp³-hybridized carbons (Fsp3) is 0.562. The summed E-state index contributed by atoms with van der Waals surface area (Å²) >= 11 is 0. The molecule has 1 heterocycles. The van der Waals surface area contributed by atoms with Crippen molar-refractivity contribution in [2.75, 3.05) is 13.1 Å². The molecule has 0 radical (unpaired) electrons. The Labute approximate surface area is 110 Å². The van der Waals surface area contributed by atoms with Crippen LogP contribution in [-0.4, -0.2) is 23.8 Å². The van der Waals surface area contributed by atoms with Crippen LogP contribution in [0.1, 0.15) is 32.8 Å². The van der Waals surface area contributed by atoms with Crippen molar-refractivity contribution in [2.24, 2.45) is 11.3 Å². The van der Waals surface area contributed by atoms with Gasteiger partial charge < -0.3 is 0 Å². The van der Waals surface area contributed by atoms with Crippen LogP contribution >= 0.6 is 0 Å². The molecule has 0 bridgehead atoms. The Balaban J connectivity index is 1.91. The normalized spacial score (nSPS) is 21.2. The summed E-state index contributed by atoms with van der Waals surface area (Å²) in [4.78, 5) is 14.6. The van der Waals surface area contributed by atoms with Crippen LogP contribution in [0.2, 0.25) is 0 Å². The molecular weight excluding hydrogens is 222 g/mol. The van der Waals surface area contributed by atoms with Crippen molar-refractivity contribution >= 4 is 5.78 Å². The summed E-state index contributed by atoms with van der Waals surface area (Å²) in [5.74, 6) is 0.645. The molecular formula is C16H23NO. The zero-order chi connectivity index (χ0) is 13.2. The molecule has 2 heteroatoms. The van der Waals surface area contributed by atoms with Crippen LogP contribution in [0.25, 0.3) is 0 Å². The van der Waals surface area contributed by atoms with E-state index in [4.69, 9.17) is 0 Å². The van der Waals surface area contributed by atoms with Crippen molar-refractivity contribution in [3.05, 3.63) is 35.9 Å². The van der Waals surface area contributed by atoms with Crippen molar-refractivity contribution in [1.82, 2.24) is 4.90 Å². The van der Waals surface area contributed by atoms with E-state index < -0.39 is 0 Å². The molecule has 1 saturated heterocycles. The molecule has 0 saturated carbocycles. The van der Waals surface area contributed by atoms with Gasteiger partial charge in [-0.05, 0) is 18.5 Å². The summed E-state index contributed by atoms with van der Waals surface area (Å²) in [5, 5.41) is 0. The minimum atomic E-state index is -0.201. The third-order valence-corrected chi connectivity index (χ3v) is 3.63. The summed E-state index contributed by atoms with van der Waals surface area (Å²) in [7, 11) is 0. The van der Waals surface area contributed by atoms with Crippen LogP contribution < -0.4 is 0 Å². The molecule has 18 heavy (non-hydrogen) atoms. The van der Waals surface area contributed by atoms with E-state index in [1.54, 1.807) is 0 Å². The number of likely N-dealkylation sites (tertiary alicyclic amines) is 1. The summed E-state index contributed by atoms with van der Waals surface area (Å²) in [6, 6.07) is 10.5. The molecule has 1 aromatic carbocycles. The Morgan fingerprint density at radius 2 is 1.94 bits per heavy atom. The lowest BCUT2D eigenvalue weighted by atomic mass is 9.83. The number of hydrogen-bond donors (Lipinski definition) is 0. The van der Waals surface area contributed by atoms with Gasteiger partial charge in [-0.1, -0.05) is 51.1 Å². The first-order valence-corrected chi connectivity index (χ1v) is 6.77. The molecule has 2 rings (SSSR count). The van der Waals surface area contributed by atoms with Crippen molar-refractivity contribution in [2.45, 2.75) is 33.7 Å². The number of rotatable bonds is 3. The maximum Gasteiger partial charge on any atom is 0.142 e.